The zero-order valence-electron chi connectivity index (χ0n) is 13.9. The maximum atomic E-state index is 13.3. The predicted molar refractivity (Wildman–Crippen MR) is 106 cm³/mol. The molecular weight excluding hydrogens is 388 g/mol. The molecule has 0 atom stereocenters. The van der Waals surface area contributed by atoms with E-state index in [1.165, 1.54) is 0 Å². The highest BCUT2D eigenvalue weighted by Crippen LogP contribution is 2.41. The lowest BCUT2D eigenvalue weighted by molar-refractivity contribution is 0.0978. The summed E-state index contributed by atoms with van der Waals surface area (Å²) in [6, 6.07) is 26.6. The minimum atomic E-state index is -0.309. The molecule has 0 unspecified atom stereocenters. The molecule has 0 bridgehead atoms. The maximum absolute atomic E-state index is 13.3. The molecule has 26 heavy (non-hydrogen) atoms. The van der Waals surface area contributed by atoms with Gasteiger partial charge in [-0.05, 0) is 27.1 Å². The molecule has 0 amide bonds. The Kier molecular flexibility index (Phi) is 4.39. The fraction of sp³-hybridized carbons (Fsp3) is 0.0435. The monoisotopic (exact) mass is 402 g/mol. The number of allylic oxidation sites excluding steroid dienone is 2. The van der Waals surface area contributed by atoms with Crippen LogP contribution >= 0.6 is 15.9 Å². The molecule has 0 N–H and O–H groups in total. The third kappa shape index (κ3) is 2.74. The van der Waals surface area contributed by atoms with Crippen LogP contribution in [0.15, 0.2) is 95.0 Å². The number of fused-ring (bicyclic) bond motifs is 1. The van der Waals surface area contributed by atoms with Crippen molar-refractivity contribution >= 4 is 27.5 Å². The van der Waals surface area contributed by atoms with E-state index in [-0.39, 0.29) is 17.5 Å². The first-order valence-electron chi connectivity index (χ1n) is 8.36. The van der Waals surface area contributed by atoms with E-state index in [2.05, 4.69) is 15.9 Å². The number of carbonyl (C=O) groups excluding carboxylic acids is 2. The number of hydrogen-bond donors (Lipinski definition) is 0. The van der Waals surface area contributed by atoms with Crippen LogP contribution in [0, 0.1) is 0 Å². The first-order chi connectivity index (χ1) is 12.7. The fourth-order valence-electron chi connectivity index (χ4n) is 3.44. The van der Waals surface area contributed by atoms with Crippen LogP contribution in [-0.4, -0.2) is 11.6 Å². The molecule has 4 rings (SSSR count). The van der Waals surface area contributed by atoms with Gasteiger partial charge < -0.3 is 0 Å². The summed E-state index contributed by atoms with van der Waals surface area (Å²) in [5.74, 6) is -0.562. The van der Waals surface area contributed by atoms with Gasteiger partial charge in [-0.25, -0.2) is 0 Å². The molecule has 3 aromatic rings. The van der Waals surface area contributed by atoms with Gasteiger partial charge in [-0.1, -0.05) is 84.9 Å². The molecular formula is C23H15BrO2. The molecule has 0 aliphatic heterocycles. The summed E-state index contributed by atoms with van der Waals surface area (Å²) >= 11 is 3.43. The summed E-state index contributed by atoms with van der Waals surface area (Å²) < 4.78 is 0.346. The summed E-state index contributed by atoms with van der Waals surface area (Å²) in [6.07, 6.45) is 0. The second-order valence-corrected chi connectivity index (χ2v) is 6.98. The van der Waals surface area contributed by atoms with Gasteiger partial charge in [-0.3, -0.25) is 9.59 Å². The van der Waals surface area contributed by atoms with Gasteiger partial charge in [0.05, 0.1) is 4.48 Å². The molecule has 1 aliphatic carbocycles. The highest BCUT2D eigenvalue weighted by molar-refractivity contribution is 9.12. The number of carbonyl (C=O) groups is 2. The molecule has 3 aromatic carbocycles. The van der Waals surface area contributed by atoms with Crippen LogP contribution in [0.25, 0.3) is 0 Å². The summed E-state index contributed by atoms with van der Waals surface area (Å²) in [5, 5.41) is 0. The quantitative estimate of drug-likeness (QED) is 0.575. The first-order valence-corrected chi connectivity index (χ1v) is 9.15. The molecule has 0 saturated heterocycles. The second kappa shape index (κ2) is 6.85. The van der Waals surface area contributed by atoms with Gasteiger partial charge in [0, 0.05) is 22.6 Å². The third-order valence-corrected chi connectivity index (χ3v) is 5.44. The van der Waals surface area contributed by atoms with E-state index < -0.39 is 0 Å². The van der Waals surface area contributed by atoms with Gasteiger partial charge >= 0.3 is 0 Å². The van der Waals surface area contributed by atoms with E-state index in [1.807, 2.05) is 60.7 Å². The molecule has 2 nitrogen and oxygen atoms in total. The molecule has 126 valence electrons. The van der Waals surface area contributed by atoms with Crippen LogP contribution in [0.2, 0.25) is 0 Å². The molecule has 0 radical (unpaired) electrons. The van der Waals surface area contributed by atoms with Crippen molar-refractivity contribution in [1.82, 2.24) is 0 Å². The number of hydrogen-bond acceptors (Lipinski definition) is 2. The standard InChI is InChI=1S/C23H15BrO2/c24-21-20(22(25)17-13-7-8-14-18(17)23(21)26)19(15-9-3-1-4-10-15)16-11-5-2-6-12-16/h1-14,19H. The molecule has 0 fully saturated rings. The SMILES string of the molecule is O=C1C(Br)=C(C(c2ccccc2)c2ccccc2)C(=O)c2ccccc21. The molecule has 3 heteroatoms. The summed E-state index contributed by atoms with van der Waals surface area (Å²) in [5.41, 5.74) is 3.36. The Hall–Kier alpha value is -2.78. The van der Waals surface area contributed by atoms with Gasteiger partial charge in [0.25, 0.3) is 0 Å². The Morgan fingerprint density at radius 2 is 1.00 bits per heavy atom. The maximum Gasteiger partial charge on any atom is 0.201 e. The second-order valence-electron chi connectivity index (χ2n) is 6.19. The Labute approximate surface area is 160 Å². The highest BCUT2D eigenvalue weighted by Gasteiger charge is 2.36. The largest absolute Gasteiger partial charge is 0.289 e. The molecule has 0 aromatic heterocycles. The summed E-state index contributed by atoms with van der Waals surface area (Å²) in [6.45, 7) is 0. The zero-order valence-corrected chi connectivity index (χ0v) is 15.4. The van der Waals surface area contributed by atoms with E-state index >= 15 is 0 Å². The summed E-state index contributed by atoms with van der Waals surface area (Å²) in [7, 11) is 0. The van der Waals surface area contributed by atoms with Gasteiger partial charge in [0.1, 0.15) is 0 Å². The topological polar surface area (TPSA) is 34.1 Å². The summed E-state index contributed by atoms with van der Waals surface area (Å²) in [4.78, 5) is 26.2. The van der Waals surface area contributed by atoms with E-state index in [0.29, 0.717) is 21.2 Å². The van der Waals surface area contributed by atoms with Crippen LogP contribution in [0.3, 0.4) is 0 Å². The molecule has 1 aliphatic rings. The van der Waals surface area contributed by atoms with Gasteiger partial charge in [0.15, 0.2) is 5.78 Å². The number of Topliss-reactive ketones (excluding diaryl/α,β-unsaturated/α-hetero) is 2. The third-order valence-electron chi connectivity index (χ3n) is 4.65. The van der Waals surface area contributed by atoms with Crippen LogP contribution in [0.1, 0.15) is 37.8 Å². The molecule has 0 spiro atoms. The number of halogens is 1. The van der Waals surface area contributed by atoms with Gasteiger partial charge in [-0.15, -0.1) is 0 Å². The van der Waals surface area contributed by atoms with Gasteiger partial charge in [-0.2, -0.15) is 0 Å². The van der Waals surface area contributed by atoms with Gasteiger partial charge in [0.2, 0.25) is 5.78 Å². The van der Waals surface area contributed by atoms with E-state index in [4.69, 9.17) is 0 Å². The lowest BCUT2D eigenvalue weighted by atomic mass is 9.77. The first kappa shape index (κ1) is 16.7. The van der Waals surface area contributed by atoms with Crippen molar-refractivity contribution in [2.45, 2.75) is 5.92 Å². The minimum Gasteiger partial charge on any atom is -0.289 e. The average Bonchev–Trinajstić information content (AvgIpc) is 2.71. The lowest BCUT2D eigenvalue weighted by Crippen LogP contribution is -2.24. The van der Waals surface area contributed by atoms with Crippen molar-refractivity contribution < 1.29 is 9.59 Å². The number of benzene rings is 3. The molecule has 0 heterocycles. The highest BCUT2D eigenvalue weighted by atomic mass is 79.9. The Bertz CT molecular complexity index is 981. The van der Waals surface area contributed by atoms with Crippen molar-refractivity contribution in [3.05, 3.63) is 117 Å². The zero-order chi connectivity index (χ0) is 18.1. The molecule has 0 saturated carbocycles. The van der Waals surface area contributed by atoms with E-state index in [9.17, 15) is 9.59 Å². The minimum absolute atomic E-state index is 0.107. The van der Waals surface area contributed by atoms with Crippen molar-refractivity contribution in [1.29, 1.82) is 0 Å². The Balaban J connectivity index is 1.96. The smallest absolute Gasteiger partial charge is 0.201 e. The average molecular weight is 403 g/mol. The van der Waals surface area contributed by atoms with Crippen molar-refractivity contribution in [2.24, 2.45) is 0 Å². The Morgan fingerprint density at radius 1 is 0.577 bits per heavy atom. The van der Waals surface area contributed by atoms with E-state index in [1.54, 1.807) is 24.3 Å². The number of ketones is 2. The van der Waals surface area contributed by atoms with Crippen LogP contribution < -0.4 is 0 Å². The van der Waals surface area contributed by atoms with Crippen LogP contribution in [0.5, 0.6) is 0 Å². The van der Waals surface area contributed by atoms with Crippen LogP contribution in [0.4, 0.5) is 0 Å². The Morgan fingerprint density at radius 3 is 1.50 bits per heavy atom. The van der Waals surface area contributed by atoms with Crippen molar-refractivity contribution in [3.8, 4) is 0 Å². The normalized spacial score (nSPS) is 13.9. The van der Waals surface area contributed by atoms with Crippen molar-refractivity contribution in [2.75, 3.05) is 0 Å². The lowest BCUT2D eigenvalue weighted by Gasteiger charge is -2.26. The van der Waals surface area contributed by atoms with Crippen molar-refractivity contribution in [3.63, 3.8) is 0 Å². The predicted octanol–water partition coefficient (Wildman–Crippen LogP) is 5.55. The van der Waals surface area contributed by atoms with Crippen LogP contribution in [-0.2, 0) is 0 Å². The van der Waals surface area contributed by atoms with E-state index in [0.717, 1.165) is 11.1 Å². The number of rotatable bonds is 3. The fourth-order valence-corrected chi connectivity index (χ4v) is 4.06.